The molecule has 0 radical (unpaired) electrons. The van der Waals surface area contributed by atoms with Crippen LogP contribution in [0.25, 0.3) is 0 Å². The molecule has 18 heavy (non-hydrogen) atoms. The lowest BCUT2D eigenvalue weighted by Gasteiger charge is -2.19. The number of carboxylic acid groups (broad SMARTS) is 1. The molecule has 0 bridgehead atoms. The lowest BCUT2D eigenvalue weighted by atomic mass is 10.2. The van der Waals surface area contributed by atoms with Crippen molar-refractivity contribution in [3.05, 3.63) is 32.3 Å². The predicted octanol–water partition coefficient (Wildman–Crippen LogP) is 3.86. The first kappa shape index (κ1) is 15.1. The SMILES string of the molecule is CC(C)(Sc1c(Cl)cc([N+](=O)[O-])cc1Cl)C(=O)O. The van der Waals surface area contributed by atoms with Gasteiger partial charge in [-0.15, -0.1) is 11.8 Å². The number of carboxylic acids is 1. The third-order valence-corrected chi connectivity index (χ3v) is 4.22. The summed E-state index contributed by atoms with van der Waals surface area (Å²) in [6, 6.07) is 2.29. The van der Waals surface area contributed by atoms with Gasteiger partial charge < -0.3 is 5.11 Å². The lowest BCUT2D eigenvalue weighted by Crippen LogP contribution is -2.27. The zero-order chi connectivity index (χ0) is 14.1. The fourth-order valence-electron chi connectivity index (χ4n) is 1.05. The minimum Gasteiger partial charge on any atom is -0.480 e. The van der Waals surface area contributed by atoms with Crippen LogP contribution in [0.2, 0.25) is 10.0 Å². The molecule has 0 aliphatic heterocycles. The van der Waals surface area contributed by atoms with Gasteiger partial charge in [0.15, 0.2) is 0 Å². The van der Waals surface area contributed by atoms with E-state index in [-0.39, 0.29) is 15.7 Å². The van der Waals surface area contributed by atoms with Crippen LogP contribution in [0.1, 0.15) is 13.8 Å². The molecule has 0 unspecified atom stereocenters. The topological polar surface area (TPSA) is 80.4 Å². The van der Waals surface area contributed by atoms with Gasteiger partial charge in [0, 0.05) is 17.0 Å². The molecule has 0 saturated heterocycles. The Balaban J connectivity index is 3.20. The maximum atomic E-state index is 11.0. The van der Waals surface area contributed by atoms with Gasteiger partial charge in [-0.2, -0.15) is 0 Å². The minimum atomic E-state index is -1.14. The van der Waals surface area contributed by atoms with E-state index in [0.717, 1.165) is 23.9 Å². The summed E-state index contributed by atoms with van der Waals surface area (Å²) < 4.78 is -1.14. The molecule has 0 aromatic heterocycles. The molecule has 0 heterocycles. The van der Waals surface area contributed by atoms with E-state index in [0.29, 0.717) is 4.90 Å². The van der Waals surface area contributed by atoms with E-state index < -0.39 is 15.6 Å². The third kappa shape index (κ3) is 3.28. The van der Waals surface area contributed by atoms with Crippen molar-refractivity contribution in [2.75, 3.05) is 0 Å². The number of hydrogen-bond donors (Lipinski definition) is 1. The molecule has 0 aliphatic carbocycles. The number of nitro groups is 1. The summed E-state index contributed by atoms with van der Waals surface area (Å²) in [7, 11) is 0. The van der Waals surface area contributed by atoms with Crippen LogP contribution in [0, 0.1) is 10.1 Å². The summed E-state index contributed by atoms with van der Waals surface area (Å²) >= 11 is 12.7. The molecule has 1 N–H and O–H groups in total. The van der Waals surface area contributed by atoms with E-state index in [1.54, 1.807) is 0 Å². The average Bonchev–Trinajstić information content (AvgIpc) is 2.22. The summed E-state index contributed by atoms with van der Waals surface area (Å²) in [5.74, 6) is -1.03. The second kappa shape index (κ2) is 5.34. The minimum absolute atomic E-state index is 0.0634. The first-order valence-electron chi connectivity index (χ1n) is 4.71. The summed E-state index contributed by atoms with van der Waals surface area (Å²) in [6.07, 6.45) is 0. The number of benzene rings is 1. The highest BCUT2D eigenvalue weighted by Crippen LogP contribution is 2.43. The Hall–Kier alpha value is -0.980. The van der Waals surface area contributed by atoms with Gasteiger partial charge in [-0.25, -0.2) is 0 Å². The quantitative estimate of drug-likeness (QED) is 0.519. The van der Waals surface area contributed by atoms with Crippen molar-refractivity contribution >= 4 is 46.6 Å². The van der Waals surface area contributed by atoms with Crippen molar-refractivity contribution in [3.8, 4) is 0 Å². The Morgan fingerprint density at radius 1 is 1.39 bits per heavy atom. The van der Waals surface area contributed by atoms with Gasteiger partial charge in [0.25, 0.3) is 5.69 Å². The Morgan fingerprint density at radius 3 is 2.17 bits per heavy atom. The standard InChI is InChI=1S/C10H9Cl2NO4S/c1-10(2,9(14)15)18-8-6(11)3-5(13(16)17)4-7(8)12/h3-4H,1-2H3,(H,14,15). The number of nitro benzene ring substituents is 1. The molecule has 1 aromatic carbocycles. The van der Waals surface area contributed by atoms with Gasteiger partial charge in [0.2, 0.25) is 0 Å². The first-order chi connectivity index (χ1) is 8.15. The molecule has 0 saturated carbocycles. The molecule has 5 nitrogen and oxygen atoms in total. The third-order valence-electron chi connectivity index (χ3n) is 2.07. The molecular weight excluding hydrogens is 301 g/mol. The molecule has 1 rings (SSSR count). The fourth-order valence-corrected chi connectivity index (χ4v) is 2.67. The Labute approximate surface area is 117 Å². The maximum Gasteiger partial charge on any atom is 0.319 e. The van der Waals surface area contributed by atoms with Gasteiger partial charge in [-0.3, -0.25) is 14.9 Å². The van der Waals surface area contributed by atoms with Crippen molar-refractivity contribution in [1.29, 1.82) is 0 Å². The second-order valence-corrected chi connectivity index (χ2v) is 6.36. The van der Waals surface area contributed by atoms with E-state index in [1.807, 2.05) is 0 Å². The van der Waals surface area contributed by atoms with Crippen LogP contribution in [-0.4, -0.2) is 20.7 Å². The average molecular weight is 310 g/mol. The molecule has 1 aromatic rings. The smallest absolute Gasteiger partial charge is 0.319 e. The Bertz CT molecular complexity index is 496. The summed E-state index contributed by atoms with van der Waals surface area (Å²) in [5.41, 5.74) is -0.234. The van der Waals surface area contributed by atoms with Gasteiger partial charge in [-0.05, 0) is 13.8 Å². The van der Waals surface area contributed by atoms with Crippen LogP contribution < -0.4 is 0 Å². The van der Waals surface area contributed by atoms with E-state index in [1.165, 1.54) is 13.8 Å². The molecule has 0 spiro atoms. The van der Waals surface area contributed by atoms with Crippen LogP contribution in [0.4, 0.5) is 5.69 Å². The van der Waals surface area contributed by atoms with Crippen molar-refractivity contribution in [3.63, 3.8) is 0 Å². The summed E-state index contributed by atoms with van der Waals surface area (Å²) in [4.78, 5) is 21.3. The number of nitrogens with zero attached hydrogens (tertiary/aromatic N) is 1. The maximum absolute atomic E-state index is 11.0. The number of halogens is 2. The zero-order valence-corrected chi connectivity index (χ0v) is 11.8. The van der Waals surface area contributed by atoms with Crippen LogP contribution in [0.3, 0.4) is 0 Å². The van der Waals surface area contributed by atoms with Crippen molar-refractivity contribution in [2.24, 2.45) is 0 Å². The number of rotatable bonds is 4. The Kier molecular flexibility index (Phi) is 4.47. The highest BCUT2D eigenvalue weighted by molar-refractivity contribution is 8.01. The zero-order valence-electron chi connectivity index (χ0n) is 9.44. The van der Waals surface area contributed by atoms with Crippen LogP contribution in [0.15, 0.2) is 17.0 Å². The van der Waals surface area contributed by atoms with Crippen molar-refractivity contribution < 1.29 is 14.8 Å². The molecule has 0 atom stereocenters. The highest BCUT2D eigenvalue weighted by atomic mass is 35.5. The monoisotopic (exact) mass is 309 g/mol. The van der Waals surface area contributed by atoms with Crippen LogP contribution in [0.5, 0.6) is 0 Å². The predicted molar refractivity (Wildman–Crippen MR) is 70.7 cm³/mol. The molecule has 0 amide bonds. The largest absolute Gasteiger partial charge is 0.480 e. The summed E-state index contributed by atoms with van der Waals surface area (Å²) in [5, 5.41) is 19.7. The molecule has 98 valence electrons. The second-order valence-electron chi connectivity index (χ2n) is 3.91. The summed E-state index contributed by atoms with van der Waals surface area (Å²) in [6.45, 7) is 2.99. The molecule has 0 aliphatic rings. The lowest BCUT2D eigenvalue weighted by molar-refractivity contribution is -0.384. The van der Waals surface area contributed by atoms with Gasteiger partial charge in [0.05, 0.1) is 15.0 Å². The van der Waals surface area contributed by atoms with E-state index in [9.17, 15) is 14.9 Å². The molecular formula is C10H9Cl2NO4S. The molecule has 8 heteroatoms. The number of carbonyl (C=O) groups is 1. The van der Waals surface area contributed by atoms with Gasteiger partial charge >= 0.3 is 5.97 Å². The van der Waals surface area contributed by atoms with E-state index in [2.05, 4.69) is 0 Å². The van der Waals surface area contributed by atoms with Crippen LogP contribution in [-0.2, 0) is 4.79 Å². The van der Waals surface area contributed by atoms with Crippen LogP contribution >= 0.6 is 35.0 Å². The van der Waals surface area contributed by atoms with Crippen molar-refractivity contribution in [2.45, 2.75) is 23.5 Å². The normalized spacial score (nSPS) is 11.3. The number of aliphatic carboxylic acids is 1. The fraction of sp³-hybridized carbons (Fsp3) is 0.300. The molecule has 0 fully saturated rings. The van der Waals surface area contributed by atoms with Gasteiger partial charge in [0.1, 0.15) is 4.75 Å². The number of hydrogen-bond acceptors (Lipinski definition) is 4. The van der Waals surface area contributed by atoms with E-state index in [4.69, 9.17) is 28.3 Å². The first-order valence-corrected chi connectivity index (χ1v) is 6.28. The highest BCUT2D eigenvalue weighted by Gasteiger charge is 2.31. The van der Waals surface area contributed by atoms with E-state index >= 15 is 0 Å². The van der Waals surface area contributed by atoms with Gasteiger partial charge in [-0.1, -0.05) is 23.2 Å². The number of thioether (sulfide) groups is 1. The number of non-ortho nitro benzene ring substituents is 1. The Morgan fingerprint density at radius 2 is 1.83 bits per heavy atom. The van der Waals surface area contributed by atoms with Crippen molar-refractivity contribution in [1.82, 2.24) is 0 Å².